The van der Waals surface area contributed by atoms with Gasteiger partial charge in [-0.2, -0.15) is 5.10 Å². The van der Waals surface area contributed by atoms with Crippen LogP contribution in [0, 0.1) is 5.92 Å². The van der Waals surface area contributed by atoms with Crippen LogP contribution < -0.4 is 5.32 Å². The Balaban J connectivity index is 1.52. The lowest BCUT2D eigenvalue weighted by molar-refractivity contribution is 0.0648. The molecule has 0 radical (unpaired) electrons. The van der Waals surface area contributed by atoms with Crippen molar-refractivity contribution in [3.8, 4) is 0 Å². The number of anilines is 1. The molecule has 0 amide bonds. The highest BCUT2D eigenvalue weighted by Gasteiger charge is 2.22. The van der Waals surface area contributed by atoms with Gasteiger partial charge in [0.25, 0.3) is 0 Å². The number of fused-ring (bicyclic) bond motifs is 1. The van der Waals surface area contributed by atoms with Gasteiger partial charge < -0.3 is 10.4 Å². The lowest BCUT2D eigenvalue weighted by atomic mass is 9.83. The monoisotopic (exact) mass is 289 g/mol. The number of aromatic nitrogens is 4. The molecule has 1 aliphatic rings. The van der Waals surface area contributed by atoms with Gasteiger partial charge in [0, 0.05) is 19.8 Å². The molecule has 0 bridgehead atoms. The van der Waals surface area contributed by atoms with Crippen LogP contribution >= 0.6 is 0 Å². The average molecular weight is 289 g/mol. The fraction of sp³-hybridized carbons (Fsp3) is 0.667. The Morgan fingerprint density at radius 1 is 1.33 bits per heavy atom. The van der Waals surface area contributed by atoms with Crippen molar-refractivity contribution in [3.05, 3.63) is 12.5 Å². The minimum atomic E-state index is -0.0946. The molecule has 2 atom stereocenters. The van der Waals surface area contributed by atoms with Gasteiger partial charge in [-0.25, -0.2) is 9.97 Å². The van der Waals surface area contributed by atoms with Crippen molar-refractivity contribution in [1.29, 1.82) is 0 Å². The normalized spacial score (nSPS) is 22.6. The van der Waals surface area contributed by atoms with E-state index < -0.39 is 0 Å². The number of aliphatic hydroxyl groups excluding tert-OH is 1. The Kier molecular flexibility index (Phi) is 4.34. The van der Waals surface area contributed by atoms with Crippen molar-refractivity contribution in [1.82, 2.24) is 19.7 Å². The van der Waals surface area contributed by atoms with Crippen LogP contribution in [0.15, 0.2) is 12.5 Å². The van der Waals surface area contributed by atoms with Crippen LogP contribution in [0.5, 0.6) is 0 Å². The summed E-state index contributed by atoms with van der Waals surface area (Å²) in [5, 5.41) is 18.6. The molecule has 0 saturated heterocycles. The standard InChI is InChI=1S/C15H23N5O/c1-20-9-12-14(17-10-18-15(12)19-20)16-8-4-6-11-5-2-3-7-13(11)21/h9-11,13,21H,2-8H2,1H3,(H,16,17,18,19). The van der Waals surface area contributed by atoms with Gasteiger partial charge in [-0.15, -0.1) is 0 Å². The highest BCUT2D eigenvalue weighted by atomic mass is 16.3. The fourth-order valence-corrected chi connectivity index (χ4v) is 3.19. The van der Waals surface area contributed by atoms with Crippen LogP contribution in [0.3, 0.4) is 0 Å². The second-order valence-corrected chi connectivity index (χ2v) is 5.94. The van der Waals surface area contributed by atoms with Crippen LogP contribution in [0.4, 0.5) is 5.82 Å². The molecule has 0 aliphatic heterocycles. The zero-order valence-corrected chi connectivity index (χ0v) is 12.5. The van der Waals surface area contributed by atoms with Crippen LogP contribution in [-0.4, -0.2) is 37.5 Å². The lowest BCUT2D eigenvalue weighted by Gasteiger charge is -2.27. The van der Waals surface area contributed by atoms with Gasteiger partial charge in [-0.1, -0.05) is 12.8 Å². The molecule has 2 N–H and O–H groups in total. The molecule has 1 saturated carbocycles. The van der Waals surface area contributed by atoms with Crippen LogP contribution in [-0.2, 0) is 7.05 Å². The van der Waals surface area contributed by atoms with E-state index in [0.717, 1.165) is 42.7 Å². The molecule has 2 unspecified atom stereocenters. The maximum absolute atomic E-state index is 9.98. The molecule has 3 rings (SSSR count). The van der Waals surface area contributed by atoms with Crippen molar-refractivity contribution in [2.45, 2.75) is 44.6 Å². The van der Waals surface area contributed by atoms with Gasteiger partial charge in [-0.05, 0) is 31.6 Å². The molecule has 1 aliphatic carbocycles. The molecule has 114 valence electrons. The summed E-state index contributed by atoms with van der Waals surface area (Å²) in [7, 11) is 1.88. The van der Waals surface area contributed by atoms with Gasteiger partial charge in [0.15, 0.2) is 5.65 Å². The van der Waals surface area contributed by atoms with Crippen molar-refractivity contribution in [2.75, 3.05) is 11.9 Å². The van der Waals surface area contributed by atoms with Gasteiger partial charge in [0.05, 0.1) is 11.5 Å². The zero-order chi connectivity index (χ0) is 14.7. The number of nitrogens with zero attached hydrogens (tertiary/aromatic N) is 4. The summed E-state index contributed by atoms with van der Waals surface area (Å²) in [5.41, 5.74) is 0.720. The predicted molar refractivity (Wildman–Crippen MR) is 82.0 cm³/mol. The third-order valence-corrected chi connectivity index (χ3v) is 4.34. The molecular weight excluding hydrogens is 266 g/mol. The summed E-state index contributed by atoms with van der Waals surface area (Å²) in [4.78, 5) is 8.45. The molecule has 6 nitrogen and oxygen atoms in total. The van der Waals surface area contributed by atoms with Crippen LogP contribution in [0.2, 0.25) is 0 Å². The van der Waals surface area contributed by atoms with E-state index in [1.54, 1.807) is 11.0 Å². The first-order chi connectivity index (χ1) is 10.2. The van der Waals surface area contributed by atoms with Crippen molar-refractivity contribution < 1.29 is 5.11 Å². The lowest BCUT2D eigenvalue weighted by Crippen LogP contribution is -2.24. The second kappa shape index (κ2) is 6.39. The average Bonchev–Trinajstić information content (AvgIpc) is 2.86. The molecule has 6 heteroatoms. The van der Waals surface area contributed by atoms with Gasteiger partial charge in [0.2, 0.25) is 0 Å². The predicted octanol–water partition coefficient (Wildman–Crippen LogP) is 2.11. The molecule has 2 aromatic rings. The number of aliphatic hydroxyl groups is 1. The fourth-order valence-electron chi connectivity index (χ4n) is 3.19. The molecule has 2 aromatic heterocycles. The molecule has 0 spiro atoms. The number of hydrogen-bond acceptors (Lipinski definition) is 5. The quantitative estimate of drug-likeness (QED) is 0.824. The van der Waals surface area contributed by atoms with Crippen molar-refractivity contribution >= 4 is 16.9 Å². The van der Waals surface area contributed by atoms with E-state index in [1.165, 1.54) is 19.3 Å². The first kappa shape index (κ1) is 14.3. The first-order valence-electron chi connectivity index (χ1n) is 7.80. The maximum atomic E-state index is 9.98. The molecule has 2 heterocycles. The van der Waals surface area contributed by atoms with Crippen molar-refractivity contribution in [3.63, 3.8) is 0 Å². The Labute approximate surface area is 124 Å². The van der Waals surface area contributed by atoms with E-state index in [1.807, 2.05) is 13.2 Å². The third kappa shape index (κ3) is 3.32. The van der Waals surface area contributed by atoms with Gasteiger partial charge >= 0.3 is 0 Å². The maximum Gasteiger partial charge on any atom is 0.186 e. The molecule has 1 fully saturated rings. The molecule has 0 aromatic carbocycles. The zero-order valence-electron chi connectivity index (χ0n) is 12.5. The van der Waals surface area contributed by atoms with Gasteiger partial charge in [-0.3, -0.25) is 4.68 Å². The minimum Gasteiger partial charge on any atom is -0.393 e. The summed E-state index contributed by atoms with van der Waals surface area (Å²) in [6.07, 6.45) is 10.1. The largest absolute Gasteiger partial charge is 0.393 e. The van der Waals surface area contributed by atoms with E-state index in [9.17, 15) is 5.11 Å². The van der Waals surface area contributed by atoms with E-state index in [-0.39, 0.29) is 6.10 Å². The third-order valence-electron chi connectivity index (χ3n) is 4.34. The first-order valence-corrected chi connectivity index (χ1v) is 7.80. The SMILES string of the molecule is Cn1cc2c(NCCCC3CCCCC3O)ncnc2n1. The number of hydrogen-bond donors (Lipinski definition) is 2. The Morgan fingerprint density at radius 3 is 3.05 bits per heavy atom. The highest BCUT2D eigenvalue weighted by Crippen LogP contribution is 2.28. The Hall–Kier alpha value is -1.69. The topological polar surface area (TPSA) is 75.9 Å². The summed E-state index contributed by atoms with van der Waals surface area (Å²) in [6.45, 7) is 0.865. The van der Waals surface area contributed by atoms with Crippen LogP contribution in [0.1, 0.15) is 38.5 Å². The molecule has 21 heavy (non-hydrogen) atoms. The summed E-state index contributed by atoms with van der Waals surface area (Å²) in [5.74, 6) is 1.32. The number of rotatable bonds is 5. The smallest absolute Gasteiger partial charge is 0.186 e. The number of nitrogens with one attached hydrogen (secondary N) is 1. The molecular formula is C15H23N5O. The second-order valence-electron chi connectivity index (χ2n) is 5.94. The van der Waals surface area contributed by atoms with E-state index in [4.69, 9.17) is 0 Å². The van der Waals surface area contributed by atoms with E-state index >= 15 is 0 Å². The van der Waals surface area contributed by atoms with E-state index in [2.05, 4.69) is 20.4 Å². The van der Waals surface area contributed by atoms with E-state index in [0.29, 0.717) is 5.92 Å². The summed E-state index contributed by atoms with van der Waals surface area (Å²) >= 11 is 0. The van der Waals surface area contributed by atoms with Gasteiger partial charge in [0.1, 0.15) is 12.1 Å². The Morgan fingerprint density at radius 2 is 2.19 bits per heavy atom. The van der Waals surface area contributed by atoms with Crippen molar-refractivity contribution in [2.24, 2.45) is 13.0 Å². The highest BCUT2D eigenvalue weighted by molar-refractivity contribution is 5.85. The minimum absolute atomic E-state index is 0.0946. The summed E-state index contributed by atoms with van der Waals surface area (Å²) < 4.78 is 1.75. The van der Waals surface area contributed by atoms with Crippen LogP contribution in [0.25, 0.3) is 11.0 Å². The summed E-state index contributed by atoms with van der Waals surface area (Å²) in [6, 6.07) is 0. The number of aryl methyl sites for hydroxylation is 1. The Bertz CT molecular complexity index is 597.